The van der Waals surface area contributed by atoms with E-state index in [-0.39, 0.29) is 65.4 Å². The molecule has 0 aliphatic carbocycles. The molecule has 3 aromatic carbocycles. The summed E-state index contributed by atoms with van der Waals surface area (Å²) in [5.41, 5.74) is 0.231. The van der Waals surface area contributed by atoms with Crippen LogP contribution in [0, 0.1) is 11.6 Å². The number of carboxylic acids is 1. The number of benzene rings is 3. The average Bonchev–Trinajstić information content (AvgIpc) is 3.37. The minimum absolute atomic E-state index is 0.00302. The maximum Gasteiger partial charge on any atom is 0.373 e. The number of aliphatic carboxylic acids is 1. The Morgan fingerprint density at radius 2 is 1.26 bits per heavy atom. The molecule has 22 heteroatoms. The van der Waals surface area contributed by atoms with Gasteiger partial charge in [-0.25, -0.2) is 27.2 Å². The fourth-order valence-corrected chi connectivity index (χ4v) is 8.18. The largest absolute Gasteiger partial charge is 0.505 e. The second kappa shape index (κ2) is 19.5. The van der Waals surface area contributed by atoms with Crippen molar-refractivity contribution in [1.82, 2.24) is 29.3 Å². The third kappa shape index (κ3) is 9.39. The summed E-state index contributed by atoms with van der Waals surface area (Å²) in [5.74, 6) is -9.64. The number of esters is 1. The summed E-state index contributed by atoms with van der Waals surface area (Å²) in [4.78, 5) is 86.3. The highest BCUT2D eigenvalue weighted by atomic mass is 19.3. The quantitative estimate of drug-likeness (QED) is 0.0940. The molecule has 0 unspecified atom stereocenters. The second-order valence-electron chi connectivity index (χ2n) is 16.6. The van der Waals surface area contributed by atoms with E-state index in [0.717, 1.165) is 32.0 Å². The van der Waals surface area contributed by atoms with Gasteiger partial charge in [0.25, 0.3) is 28.9 Å². The van der Waals surface area contributed by atoms with Crippen molar-refractivity contribution in [2.45, 2.75) is 32.3 Å². The smallest absolute Gasteiger partial charge is 0.373 e. The molecule has 7 heterocycles. The number of nitrogens with zero attached hydrogens (tertiary/aromatic N) is 5. The number of alkyl halides is 2. The van der Waals surface area contributed by atoms with Crippen molar-refractivity contribution in [3.63, 3.8) is 0 Å². The maximum atomic E-state index is 13.6. The van der Waals surface area contributed by atoms with Gasteiger partial charge in [-0.1, -0.05) is 54.6 Å². The molecule has 0 saturated carbocycles. The number of ether oxygens (including phenoxy) is 4. The standard InChI is InChI=1S/C28H21FN2O7.C23H17F3N4O5/c1-2-36-28(35)21-25(37-15-17-6-4-3-5-7-17)22-23-24(38-20(27(33)34)14-31(23)26(21)32)18(13-30-22)12-16-8-10-19(29)11-9-16;1-27-20(32)15-18(31)16-17-19(12(7-28-16)6-11-2-4-13(24)5-3-11)35-14(8-30(17)22(15)34)21(33)29-9-23(25,26)10-29/h3-11,13-14H,2,12,15H2,1H3,(H,33,34);2-5,7-8,31H,6,9-10H2,1H3,(H,27,32). The number of carboxylic acid groups (broad SMARTS) is 1. The Bertz CT molecular complexity index is 3610. The molecule has 2 amide bonds. The molecule has 7 aromatic rings. The molecule has 3 N–H and O–H groups in total. The summed E-state index contributed by atoms with van der Waals surface area (Å²) in [6.07, 6.45) is 5.12. The predicted octanol–water partition coefficient (Wildman–Crippen LogP) is 6.02. The molecular weight excluding hydrogens is 965 g/mol. The molecule has 0 atom stereocenters. The predicted molar refractivity (Wildman–Crippen MR) is 251 cm³/mol. The summed E-state index contributed by atoms with van der Waals surface area (Å²) in [6.45, 7) is 0.0167. The molecule has 372 valence electrons. The summed E-state index contributed by atoms with van der Waals surface area (Å²) in [6, 6.07) is 20.5. The van der Waals surface area contributed by atoms with Crippen LogP contribution in [0.5, 0.6) is 23.0 Å². The van der Waals surface area contributed by atoms with Crippen LogP contribution in [0.2, 0.25) is 0 Å². The topological polar surface area (TPSA) is 231 Å². The first-order valence-corrected chi connectivity index (χ1v) is 22.1. The Morgan fingerprint density at radius 1 is 0.740 bits per heavy atom. The number of hydrogen-bond donors (Lipinski definition) is 3. The van der Waals surface area contributed by atoms with Gasteiger partial charge < -0.3 is 39.4 Å². The number of halogens is 4. The summed E-state index contributed by atoms with van der Waals surface area (Å²) in [7, 11) is 1.27. The minimum Gasteiger partial charge on any atom is -0.505 e. The number of amides is 2. The monoisotopic (exact) mass is 1000 g/mol. The fourth-order valence-electron chi connectivity index (χ4n) is 8.18. The number of pyridine rings is 4. The lowest BCUT2D eigenvalue weighted by molar-refractivity contribution is -0.163. The molecule has 18 nitrogen and oxygen atoms in total. The van der Waals surface area contributed by atoms with Crippen molar-refractivity contribution in [3.8, 4) is 23.0 Å². The molecule has 3 aliphatic heterocycles. The number of rotatable bonds is 12. The van der Waals surface area contributed by atoms with E-state index in [4.69, 9.17) is 18.9 Å². The lowest BCUT2D eigenvalue weighted by atomic mass is 10.0. The van der Waals surface area contributed by atoms with E-state index in [9.17, 15) is 56.5 Å². The van der Waals surface area contributed by atoms with Gasteiger partial charge in [-0.15, -0.1) is 0 Å². The van der Waals surface area contributed by atoms with E-state index in [1.807, 2.05) is 30.3 Å². The van der Waals surface area contributed by atoms with Crippen LogP contribution < -0.4 is 30.6 Å². The number of carbonyl (C=O) groups excluding carboxylic acids is 3. The van der Waals surface area contributed by atoms with Crippen molar-refractivity contribution in [2.75, 3.05) is 26.7 Å². The van der Waals surface area contributed by atoms with Gasteiger partial charge in [0.15, 0.2) is 28.6 Å². The third-order valence-corrected chi connectivity index (χ3v) is 11.7. The lowest BCUT2D eigenvalue weighted by Gasteiger charge is -2.39. The zero-order chi connectivity index (χ0) is 51.9. The molecule has 10 rings (SSSR count). The summed E-state index contributed by atoms with van der Waals surface area (Å²) in [5, 5.41) is 22.6. The number of hydrogen-bond acceptors (Lipinski definition) is 13. The highest BCUT2D eigenvalue weighted by Crippen LogP contribution is 2.41. The van der Waals surface area contributed by atoms with Crippen LogP contribution in [0.1, 0.15) is 55.5 Å². The zero-order valence-corrected chi connectivity index (χ0v) is 38.3. The van der Waals surface area contributed by atoms with E-state index in [2.05, 4.69) is 15.3 Å². The average molecular weight is 1000 g/mol. The van der Waals surface area contributed by atoms with Gasteiger partial charge in [0.05, 0.1) is 32.1 Å². The molecule has 73 heavy (non-hydrogen) atoms. The Morgan fingerprint density at radius 3 is 1.79 bits per heavy atom. The molecular formula is C51H38F4N6O12. The molecule has 4 aromatic heterocycles. The minimum atomic E-state index is -3.02. The van der Waals surface area contributed by atoms with Crippen LogP contribution in [0.25, 0.3) is 34.5 Å². The summed E-state index contributed by atoms with van der Waals surface area (Å²) >= 11 is 0. The van der Waals surface area contributed by atoms with E-state index < -0.39 is 93.9 Å². The highest BCUT2D eigenvalue weighted by molar-refractivity contribution is 6.05. The number of carbonyl (C=O) groups is 4. The first kappa shape index (κ1) is 48.7. The van der Waals surface area contributed by atoms with Crippen LogP contribution in [0.3, 0.4) is 0 Å². The van der Waals surface area contributed by atoms with E-state index in [0.29, 0.717) is 22.3 Å². The molecule has 1 saturated heterocycles. The van der Waals surface area contributed by atoms with Crippen molar-refractivity contribution < 1.29 is 65.9 Å². The first-order chi connectivity index (χ1) is 35.0. The number of nitrogens with one attached hydrogen (secondary N) is 1. The van der Waals surface area contributed by atoms with Gasteiger partial charge in [0.1, 0.15) is 45.9 Å². The molecule has 0 spiro atoms. The molecule has 1 fully saturated rings. The molecule has 0 bridgehead atoms. The van der Waals surface area contributed by atoms with Crippen molar-refractivity contribution in [1.29, 1.82) is 0 Å². The second-order valence-corrected chi connectivity index (χ2v) is 16.6. The SMILES string of the molecule is CCOC(=O)c1c(OCc2ccccc2)c2ncc(Cc3ccc(F)cc3)c3c2n(c1=O)C=C(C(=O)O)O3.CNC(=O)c1c(O)c2ncc(Cc3ccc(F)cc3)c3c2n(c1=O)C=C(C(=O)N1CC(F)(F)C1)O3. The van der Waals surface area contributed by atoms with Crippen molar-refractivity contribution >= 4 is 58.2 Å². The van der Waals surface area contributed by atoms with Crippen molar-refractivity contribution in [3.05, 3.63) is 174 Å². The first-order valence-electron chi connectivity index (χ1n) is 22.1. The van der Waals surface area contributed by atoms with Crippen LogP contribution >= 0.6 is 0 Å². The van der Waals surface area contributed by atoms with Gasteiger partial charge in [-0.05, 0) is 47.9 Å². The van der Waals surface area contributed by atoms with Crippen molar-refractivity contribution in [2.24, 2.45) is 0 Å². The van der Waals surface area contributed by atoms with Gasteiger partial charge >= 0.3 is 11.9 Å². The van der Waals surface area contributed by atoms with Crippen LogP contribution in [-0.4, -0.2) is 90.6 Å². The normalized spacial score (nSPS) is 13.8. The maximum absolute atomic E-state index is 13.6. The van der Waals surface area contributed by atoms with Gasteiger partial charge in [0.2, 0.25) is 11.5 Å². The van der Waals surface area contributed by atoms with E-state index >= 15 is 0 Å². The van der Waals surface area contributed by atoms with E-state index in [1.165, 1.54) is 55.8 Å². The van der Waals surface area contributed by atoms with Crippen LogP contribution in [0.4, 0.5) is 17.6 Å². The van der Waals surface area contributed by atoms with Gasteiger partial charge in [0, 0.05) is 43.4 Å². The van der Waals surface area contributed by atoms with Gasteiger partial charge in [-0.3, -0.25) is 38.3 Å². The lowest BCUT2D eigenvalue weighted by Crippen LogP contribution is -2.59. The Labute approximate surface area is 408 Å². The van der Waals surface area contributed by atoms with Crippen LogP contribution in [-0.2, 0) is 33.8 Å². The van der Waals surface area contributed by atoms with Crippen LogP contribution in [0.15, 0.2) is 112 Å². The number of aromatic nitrogens is 4. The zero-order valence-electron chi connectivity index (χ0n) is 38.3. The number of aromatic hydroxyl groups is 1. The van der Waals surface area contributed by atoms with Gasteiger partial charge in [-0.2, -0.15) is 0 Å². The molecule has 0 radical (unpaired) electrons. The highest BCUT2D eigenvalue weighted by Gasteiger charge is 2.48. The molecule has 3 aliphatic rings. The third-order valence-electron chi connectivity index (χ3n) is 11.7. The summed E-state index contributed by atoms with van der Waals surface area (Å²) < 4.78 is 78.0. The Kier molecular flexibility index (Phi) is 13.0. The Hall–Kier alpha value is -9.34. The Balaban J connectivity index is 0.000000180. The number of likely N-dealkylation sites (tertiary alicyclic amines) is 1. The fraction of sp³-hybridized carbons (Fsp3) is 0.176. The van der Waals surface area contributed by atoms with E-state index in [1.54, 1.807) is 19.1 Å².